The first-order valence-electron chi connectivity index (χ1n) is 6.42. The van der Waals surface area contributed by atoms with Crippen molar-refractivity contribution in [1.29, 1.82) is 0 Å². The summed E-state index contributed by atoms with van der Waals surface area (Å²) >= 11 is -1.64. The number of hydrogen-bond acceptors (Lipinski definition) is 6. The summed E-state index contributed by atoms with van der Waals surface area (Å²) in [4.78, 5) is 37.4. The number of hydrogen-bond donors (Lipinski definition) is 1. The quantitative estimate of drug-likeness (QED) is 0.381. The van der Waals surface area contributed by atoms with Gasteiger partial charge >= 0.3 is 5.63 Å². The molecule has 2 rings (SSSR count). The fourth-order valence-electron chi connectivity index (χ4n) is 1.65. The second kappa shape index (κ2) is 6.73. The first-order chi connectivity index (χ1) is 10.4. The Balaban J connectivity index is 2.37. The smallest absolute Gasteiger partial charge is 0.349 e. The van der Waals surface area contributed by atoms with E-state index in [9.17, 15) is 18.9 Å². The topological polar surface area (TPSA) is 103 Å². The summed E-state index contributed by atoms with van der Waals surface area (Å²) < 4.78 is 16.7. The molecule has 116 valence electrons. The van der Waals surface area contributed by atoms with Crippen molar-refractivity contribution in [1.82, 2.24) is 9.84 Å². The monoisotopic (exact) mass is 322 g/mol. The summed E-state index contributed by atoms with van der Waals surface area (Å²) in [5.74, 6) is -0.927. The van der Waals surface area contributed by atoms with E-state index in [2.05, 4.69) is 4.83 Å². The number of rotatable bonds is 5. The molecular formula is C14H14N2O5S. The number of hydrazine groups is 1. The lowest BCUT2D eigenvalue weighted by molar-refractivity contribution is -0.117. The minimum absolute atomic E-state index is 0.164. The number of carbonyl (C=O) groups excluding carboxylic acids is 2. The third-order valence-electron chi connectivity index (χ3n) is 2.81. The molecule has 0 aliphatic carbocycles. The average Bonchev–Trinajstić information content (AvgIpc) is 2.50. The number of para-hydroxylation sites is 1. The SMILES string of the molecule is CC(C)[S+]([O-])NN(C=O)C(=O)c1cc2ccccc2oc1=O. The highest BCUT2D eigenvalue weighted by Crippen LogP contribution is 2.13. The van der Waals surface area contributed by atoms with Gasteiger partial charge in [0.05, 0.1) is 11.4 Å². The number of amides is 2. The molecule has 2 aromatic rings. The first-order valence-corrected chi connectivity index (χ1v) is 7.64. The predicted octanol–water partition coefficient (Wildman–Crippen LogP) is 0.968. The van der Waals surface area contributed by atoms with Gasteiger partial charge in [-0.25, -0.2) is 4.79 Å². The van der Waals surface area contributed by atoms with Crippen molar-refractivity contribution in [3.8, 4) is 0 Å². The second-order valence-electron chi connectivity index (χ2n) is 4.70. The highest BCUT2D eigenvalue weighted by atomic mass is 32.2. The van der Waals surface area contributed by atoms with Crippen LogP contribution in [-0.4, -0.2) is 27.1 Å². The van der Waals surface area contributed by atoms with Crippen LogP contribution in [0.15, 0.2) is 39.5 Å². The highest BCUT2D eigenvalue weighted by molar-refractivity contribution is 7.90. The molecule has 0 saturated carbocycles. The molecule has 0 saturated heterocycles. The van der Waals surface area contributed by atoms with Crippen LogP contribution in [0.25, 0.3) is 11.0 Å². The Bertz CT molecular complexity index is 758. The van der Waals surface area contributed by atoms with Crippen molar-refractivity contribution < 1.29 is 18.6 Å². The minimum atomic E-state index is -1.64. The summed E-state index contributed by atoms with van der Waals surface area (Å²) in [6, 6.07) is 8.01. The van der Waals surface area contributed by atoms with E-state index in [0.717, 1.165) is 0 Å². The molecule has 0 fully saturated rings. The van der Waals surface area contributed by atoms with Crippen molar-refractivity contribution in [2.24, 2.45) is 0 Å². The Labute approximate surface area is 129 Å². The van der Waals surface area contributed by atoms with Gasteiger partial charge in [-0.05, 0) is 30.8 Å². The Hall–Kier alpha value is -2.16. The molecule has 0 aliphatic rings. The van der Waals surface area contributed by atoms with Crippen LogP contribution in [0.4, 0.5) is 0 Å². The van der Waals surface area contributed by atoms with Crippen molar-refractivity contribution >= 4 is 34.6 Å². The molecule has 0 aliphatic heterocycles. The Kier molecular flexibility index (Phi) is 4.96. The van der Waals surface area contributed by atoms with Crippen molar-refractivity contribution in [2.45, 2.75) is 19.1 Å². The Morgan fingerprint density at radius 1 is 1.41 bits per heavy atom. The summed E-state index contributed by atoms with van der Waals surface area (Å²) in [6.07, 6.45) is 0.164. The minimum Gasteiger partial charge on any atom is -0.596 e. The van der Waals surface area contributed by atoms with Crippen LogP contribution in [0, 0.1) is 0 Å². The molecule has 1 N–H and O–H groups in total. The zero-order valence-corrected chi connectivity index (χ0v) is 12.8. The molecule has 1 heterocycles. The number of imide groups is 1. The van der Waals surface area contributed by atoms with Crippen LogP contribution >= 0.6 is 0 Å². The third kappa shape index (κ3) is 3.35. The van der Waals surface area contributed by atoms with Crippen LogP contribution in [0.2, 0.25) is 0 Å². The van der Waals surface area contributed by atoms with E-state index in [1.807, 2.05) is 0 Å². The molecule has 0 bridgehead atoms. The predicted molar refractivity (Wildman–Crippen MR) is 81.1 cm³/mol. The van der Waals surface area contributed by atoms with Crippen LogP contribution in [-0.2, 0) is 16.2 Å². The highest BCUT2D eigenvalue weighted by Gasteiger charge is 2.25. The number of nitrogens with zero attached hydrogens (tertiary/aromatic N) is 1. The molecule has 1 unspecified atom stereocenters. The lowest BCUT2D eigenvalue weighted by Crippen LogP contribution is -2.48. The zero-order valence-electron chi connectivity index (χ0n) is 11.9. The van der Waals surface area contributed by atoms with E-state index in [1.54, 1.807) is 38.1 Å². The molecule has 0 radical (unpaired) electrons. The van der Waals surface area contributed by atoms with E-state index >= 15 is 0 Å². The van der Waals surface area contributed by atoms with E-state index in [1.165, 1.54) is 6.07 Å². The van der Waals surface area contributed by atoms with Gasteiger partial charge in [0, 0.05) is 5.39 Å². The van der Waals surface area contributed by atoms with E-state index in [4.69, 9.17) is 4.42 Å². The molecule has 7 nitrogen and oxygen atoms in total. The number of benzene rings is 1. The number of carbonyl (C=O) groups is 2. The maximum Gasteiger partial charge on any atom is 0.349 e. The summed E-state index contributed by atoms with van der Waals surface area (Å²) in [6.45, 7) is 3.31. The molecule has 2 amide bonds. The molecule has 1 aromatic carbocycles. The van der Waals surface area contributed by atoms with Crippen molar-refractivity contribution in [3.05, 3.63) is 46.3 Å². The van der Waals surface area contributed by atoms with Gasteiger partial charge in [0.1, 0.15) is 16.4 Å². The van der Waals surface area contributed by atoms with Gasteiger partial charge in [0.15, 0.2) is 0 Å². The normalized spacial score (nSPS) is 12.4. The fourth-order valence-corrected chi connectivity index (χ4v) is 2.18. The van der Waals surface area contributed by atoms with E-state index in [0.29, 0.717) is 16.0 Å². The van der Waals surface area contributed by atoms with Crippen LogP contribution in [0.1, 0.15) is 24.2 Å². The zero-order chi connectivity index (χ0) is 16.3. The van der Waals surface area contributed by atoms with Gasteiger partial charge in [-0.1, -0.05) is 18.2 Å². The molecule has 0 spiro atoms. The molecule has 1 aromatic heterocycles. The van der Waals surface area contributed by atoms with E-state index < -0.39 is 22.9 Å². The Morgan fingerprint density at radius 2 is 2.09 bits per heavy atom. The summed E-state index contributed by atoms with van der Waals surface area (Å²) in [5.41, 5.74) is -0.854. The standard InChI is InChI=1S/C14H14N2O5S/c1-9(2)22(20)15-16(8-17)13(18)11-7-10-5-3-4-6-12(10)21-14(11)19/h3-9,15H,1-2H3. The van der Waals surface area contributed by atoms with Crippen molar-refractivity contribution in [3.63, 3.8) is 0 Å². The first kappa shape index (κ1) is 16.2. The van der Waals surface area contributed by atoms with Gasteiger partial charge in [-0.2, -0.15) is 5.01 Å². The average molecular weight is 322 g/mol. The number of nitrogens with one attached hydrogen (secondary N) is 1. The van der Waals surface area contributed by atoms with Gasteiger partial charge in [0.2, 0.25) is 6.41 Å². The molecular weight excluding hydrogens is 308 g/mol. The fraction of sp³-hybridized carbons (Fsp3) is 0.214. The maximum atomic E-state index is 12.2. The molecule has 22 heavy (non-hydrogen) atoms. The van der Waals surface area contributed by atoms with Crippen molar-refractivity contribution in [2.75, 3.05) is 0 Å². The Morgan fingerprint density at radius 3 is 2.73 bits per heavy atom. The lowest BCUT2D eigenvalue weighted by atomic mass is 10.2. The maximum absolute atomic E-state index is 12.2. The van der Waals surface area contributed by atoms with Crippen LogP contribution in [0.3, 0.4) is 0 Å². The summed E-state index contributed by atoms with van der Waals surface area (Å²) in [5, 5.41) is 0.710. The molecule has 8 heteroatoms. The summed E-state index contributed by atoms with van der Waals surface area (Å²) in [7, 11) is 0. The third-order valence-corrected chi connectivity index (χ3v) is 4.05. The number of fused-ring (bicyclic) bond motifs is 1. The largest absolute Gasteiger partial charge is 0.596 e. The van der Waals surface area contributed by atoms with Gasteiger partial charge in [0.25, 0.3) is 5.91 Å². The van der Waals surface area contributed by atoms with E-state index in [-0.39, 0.29) is 17.2 Å². The van der Waals surface area contributed by atoms with Gasteiger partial charge < -0.3 is 8.97 Å². The van der Waals surface area contributed by atoms with Gasteiger partial charge in [-0.15, -0.1) is 0 Å². The second-order valence-corrected chi connectivity index (χ2v) is 6.42. The molecule has 1 atom stereocenters. The van der Waals surface area contributed by atoms with Crippen LogP contribution in [0.5, 0.6) is 0 Å². The lowest BCUT2D eigenvalue weighted by Gasteiger charge is -2.20. The van der Waals surface area contributed by atoms with Crippen LogP contribution < -0.4 is 10.5 Å². The van der Waals surface area contributed by atoms with Gasteiger partial charge in [-0.3, -0.25) is 9.59 Å².